The van der Waals surface area contributed by atoms with E-state index in [1.807, 2.05) is 0 Å². The van der Waals surface area contributed by atoms with Gasteiger partial charge in [0.05, 0.1) is 24.4 Å². The lowest BCUT2D eigenvalue weighted by molar-refractivity contribution is -0.142. The van der Waals surface area contributed by atoms with Crippen molar-refractivity contribution in [3.63, 3.8) is 0 Å². The monoisotopic (exact) mass is 660 g/mol. The number of anilines is 1. The van der Waals surface area contributed by atoms with Gasteiger partial charge in [-0.1, -0.05) is 18.2 Å². The van der Waals surface area contributed by atoms with Crippen LogP contribution < -0.4 is 30.2 Å². The molecule has 4 rings (SSSR count). The minimum atomic E-state index is -4.11. The first-order valence-electron chi connectivity index (χ1n) is 13.0. The van der Waals surface area contributed by atoms with Crippen molar-refractivity contribution in [1.29, 1.82) is 0 Å². The molecule has 238 valence electrons. The van der Waals surface area contributed by atoms with Crippen LogP contribution in [0.3, 0.4) is 0 Å². The zero-order chi connectivity index (χ0) is 32.7. The molecule has 1 unspecified atom stereocenters. The number of carbonyl (C=O) groups is 3. The van der Waals surface area contributed by atoms with Gasteiger partial charge in [0.25, 0.3) is 10.0 Å². The fourth-order valence-electron chi connectivity index (χ4n) is 4.12. The number of carboxylic acids is 1. The number of aliphatic carboxylic acids is 1. The Kier molecular flexibility index (Phi) is 10.3. The van der Waals surface area contributed by atoms with Crippen LogP contribution in [-0.4, -0.2) is 79.4 Å². The quantitative estimate of drug-likeness (QED) is 0.164. The Morgan fingerprint density at radius 1 is 1.07 bits per heavy atom. The molecule has 0 saturated carbocycles. The molecule has 0 aliphatic carbocycles. The fraction of sp³-hybridized carbons (Fsp3) is 0.259. The Labute approximate surface area is 260 Å². The number of carboxylic acid groups (broad SMARTS) is 1. The first kappa shape index (κ1) is 32.8. The summed E-state index contributed by atoms with van der Waals surface area (Å²) in [5.74, 6) is -1.71. The molecule has 45 heavy (non-hydrogen) atoms. The van der Waals surface area contributed by atoms with E-state index >= 15 is 0 Å². The van der Waals surface area contributed by atoms with Crippen LogP contribution in [0.1, 0.15) is 12.5 Å². The van der Waals surface area contributed by atoms with Gasteiger partial charge in [-0.2, -0.15) is 4.98 Å². The highest BCUT2D eigenvalue weighted by Crippen LogP contribution is 2.28. The Morgan fingerprint density at radius 3 is 2.44 bits per heavy atom. The van der Waals surface area contributed by atoms with E-state index in [9.17, 15) is 32.7 Å². The normalized spacial score (nSPS) is 11.9. The smallest absolute Gasteiger partial charge is 0.413 e. The predicted octanol–water partition coefficient (Wildman–Crippen LogP) is 1.58. The number of rotatable bonds is 14. The van der Waals surface area contributed by atoms with Gasteiger partial charge in [0, 0.05) is 19.3 Å². The van der Waals surface area contributed by atoms with Gasteiger partial charge in [-0.15, -0.1) is 11.3 Å². The molecule has 2 aromatic carbocycles. The average Bonchev–Trinajstić information content (AvgIpc) is 3.45. The maximum Gasteiger partial charge on any atom is 0.413 e. The molecule has 1 amide bonds. The van der Waals surface area contributed by atoms with Gasteiger partial charge in [0.2, 0.25) is 10.4 Å². The minimum absolute atomic E-state index is 0.150. The van der Waals surface area contributed by atoms with Crippen molar-refractivity contribution in [1.82, 2.24) is 19.4 Å². The summed E-state index contributed by atoms with van der Waals surface area (Å²) in [6.07, 6.45) is 0.142. The second-order valence-electron chi connectivity index (χ2n) is 9.19. The van der Waals surface area contributed by atoms with Gasteiger partial charge in [0.1, 0.15) is 12.4 Å². The van der Waals surface area contributed by atoms with Crippen LogP contribution in [0.4, 0.5) is 10.6 Å². The van der Waals surface area contributed by atoms with E-state index in [0.717, 1.165) is 34.1 Å². The molecule has 3 N–H and O–H groups in total. The van der Waals surface area contributed by atoms with Gasteiger partial charge in [-0.3, -0.25) is 15.1 Å². The highest BCUT2D eigenvalue weighted by Gasteiger charge is 2.32. The number of nitrogens with one attached hydrogen (secondary N) is 2. The number of thiazole rings is 1. The van der Waals surface area contributed by atoms with Gasteiger partial charge in [-0.05, 0) is 42.8 Å². The maximum absolute atomic E-state index is 12.9. The number of benzene rings is 2. The number of hydrogen-bond acceptors (Lipinski definition) is 13. The molecule has 0 bridgehead atoms. The third-order valence-electron chi connectivity index (χ3n) is 6.16. The van der Waals surface area contributed by atoms with Crippen molar-refractivity contribution in [3.05, 3.63) is 70.8 Å². The number of ketones is 1. The lowest BCUT2D eigenvalue weighted by atomic mass is 10.2. The molecule has 2 aromatic heterocycles. The molecule has 0 spiro atoms. The number of para-hydroxylation sites is 1. The molecule has 4 aromatic rings. The topological polar surface area (TPSA) is 208 Å². The van der Waals surface area contributed by atoms with E-state index in [-0.39, 0.29) is 16.8 Å². The third kappa shape index (κ3) is 7.91. The number of methoxy groups -OCH3 is 2. The number of sulfonamides is 1. The molecule has 0 aliphatic heterocycles. The Bertz CT molecular complexity index is 1850. The Hall–Kier alpha value is -5.07. The standard InChI is InChI=1S/C27H28N6O10S2/c1-16(34)23(24(35)36)32(13-11-28-45(39,40)27-29-18-6-4-5-7-21(18)44-27)33-12-10-22(30-25(33)37)31-26(38)43-15-17-8-9-19(41-2)20(14-17)42-3/h4-10,12,14,23,28H,11,13,15H2,1-3H3,(H,35,36)(H,30,31,37,38). The summed E-state index contributed by atoms with van der Waals surface area (Å²) in [6.45, 7) is 0.0371. The molecule has 2 heterocycles. The van der Waals surface area contributed by atoms with Crippen LogP contribution in [0.25, 0.3) is 10.2 Å². The number of carbonyl (C=O) groups excluding carboxylic acids is 2. The van der Waals surface area contributed by atoms with E-state index in [1.54, 1.807) is 42.5 Å². The lowest BCUT2D eigenvalue weighted by Crippen LogP contribution is -2.57. The lowest BCUT2D eigenvalue weighted by Gasteiger charge is -2.30. The van der Waals surface area contributed by atoms with Crippen LogP contribution in [-0.2, 0) is 31.0 Å². The van der Waals surface area contributed by atoms with E-state index in [2.05, 4.69) is 20.0 Å². The largest absolute Gasteiger partial charge is 0.493 e. The maximum atomic E-state index is 12.9. The van der Waals surface area contributed by atoms with Crippen molar-refractivity contribution in [2.45, 2.75) is 23.9 Å². The zero-order valence-electron chi connectivity index (χ0n) is 24.1. The molecule has 0 saturated heterocycles. The summed E-state index contributed by atoms with van der Waals surface area (Å²) >= 11 is 0.945. The molecule has 0 fully saturated rings. The van der Waals surface area contributed by atoms with Crippen LogP contribution in [0.15, 0.2) is 63.9 Å². The van der Waals surface area contributed by atoms with Crippen molar-refractivity contribution < 1.29 is 42.1 Å². The molecule has 0 aliphatic rings. The molecule has 18 heteroatoms. The second kappa shape index (κ2) is 14.1. The van der Waals surface area contributed by atoms with Crippen LogP contribution in [0.5, 0.6) is 11.5 Å². The molecular weight excluding hydrogens is 632 g/mol. The zero-order valence-corrected chi connectivity index (χ0v) is 25.8. The predicted molar refractivity (Wildman–Crippen MR) is 162 cm³/mol. The van der Waals surface area contributed by atoms with E-state index in [0.29, 0.717) is 27.3 Å². The van der Waals surface area contributed by atoms with E-state index < -0.39 is 52.7 Å². The second-order valence-corrected chi connectivity index (χ2v) is 12.2. The van der Waals surface area contributed by atoms with Gasteiger partial charge < -0.3 is 19.3 Å². The number of hydrogen-bond donors (Lipinski definition) is 3. The number of Topliss-reactive ketones (excluding diaryl/α,β-unsaturated/α-hetero) is 1. The third-order valence-corrected chi connectivity index (χ3v) is 9.04. The summed E-state index contributed by atoms with van der Waals surface area (Å²) in [4.78, 5) is 57.4. The SMILES string of the molecule is COc1ccc(COC(=O)Nc2ccn(N(CCNS(=O)(=O)c3nc4ccccc4s3)C(C(C)=O)C(=O)O)c(=O)n2)cc1OC. The average molecular weight is 661 g/mol. The Morgan fingerprint density at radius 2 is 1.80 bits per heavy atom. The van der Waals surface area contributed by atoms with E-state index in [4.69, 9.17) is 14.2 Å². The minimum Gasteiger partial charge on any atom is -0.493 e. The van der Waals surface area contributed by atoms with Crippen molar-refractivity contribution in [3.8, 4) is 11.5 Å². The fourth-order valence-corrected chi connectivity index (χ4v) is 6.40. The Balaban J connectivity index is 1.46. The molecule has 1 atom stereocenters. The van der Waals surface area contributed by atoms with Crippen molar-refractivity contribution >= 4 is 55.2 Å². The first-order chi connectivity index (χ1) is 21.4. The highest BCUT2D eigenvalue weighted by molar-refractivity contribution is 7.91. The summed E-state index contributed by atoms with van der Waals surface area (Å²) in [6, 6.07) is 11.1. The molecule has 0 radical (unpaired) electrons. The number of ether oxygens (including phenoxy) is 3. The first-order valence-corrected chi connectivity index (χ1v) is 15.3. The van der Waals surface area contributed by atoms with Gasteiger partial charge >= 0.3 is 17.8 Å². The molecule has 16 nitrogen and oxygen atoms in total. The van der Waals surface area contributed by atoms with Gasteiger partial charge in [0.15, 0.2) is 17.3 Å². The summed E-state index contributed by atoms with van der Waals surface area (Å²) in [7, 11) is -1.17. The summed E-state index contributed by atoms with van der Waals surface area (Å²) in [5, 5.41) is 12.9. The van der Waals surface area contributed by atoms with Gasteiger partial charge in [-0.25, -0.2) is 37.2 Å². The summed E-state index contributed by atoms with van der Waals surface area (Å²) < 4.78 is 44.8. The molecular formula is C27H28N6O10S2. The van der Waals surface area contributed by atoms with Crippen molar-refractivity contribution in [2.24, 2.45) is 0 Å². The van der Waals surface area contributed by atoms with E-state index in [1.165, 1.54) is 20.3 Å². The van der Waals surface area contributed by atoms with Crippen LogP contribution >= 0.6 is 11.3 Å². The van der Waals surface area contributed by atoms with Crippen LogP contribution in [0, 0.1) is 0 Å². The number of amides is 1. The number of aromatic nitrogens is 3. The number of fused-ring (bicyclic) bond motifs is 1. The summed E-state index contributed by atoms with van der Waals surface area (Å²) in [5.41, 5.74) is 0.0157. The number of nitrogens with zero attached hydrogens (tertiary/aromatic N) is 4. The highest BCUT2D eigenvalue weighted by atomic mass is 32.2. The van der Waals surface area contributed by atoms with Crippen molar-refractivity contribution in [2.75, 3.05) is 37.6 Å². The van der Waals surface area contributed by atoms with Crippen LogP contribution in [0.2, 0.25) is 0 Å².